The van der Waals surface area contributed by atoms with Crippen LogP contribution in [0, 0.1) is 40.9 Å². The second kappa shape index (κ2) is 10.3. The van der Waals surface area contributed by atoms with E-state index in [2.05, 4.69) is 19.9 Å². The molecule has 0 saturated heterocycles. The maximum Gasteiger partial charge on any atom is 0.146 e. The summed E-state index contributed by atoms with van der Waals surface area (Å²) in [6, 6.07) is 0. The first-order chi connectivity index (χ1) is 14.6. The minimum absolute atomic E-state index is 0.262. The van der Waals surface area contributed by atoms with Crippen LogP contribution in [0.25, 0.3) is 0 Å². The van der Waals surface area contributed by atoms with E-state index in [9.17, 15) is 0 Å². The van der Waals surface area contributed by atoms with Gasteiger partial charge in [0, 0.05) is 18.4 Å². The molecule has 3 fully saturated rings. The highest BCUT2D eigenvalue weighted by atomic mass is 35.5. The molecule has 0 aromatic heterocycles. The van der Waals surface area contributed by atoms with Crippen molar-refractivity contribution in [3.05, 3.63) is 11.6 Å². The van der Waals surface area contributed by atoms with Crippen LogP contribution in [-0.4, -0.2) is 25.9 Å². The van der Waals surface area contributed by atoms with Crippen molar-refractivity contribution >= 4 is 11.6 Å². The van der Waals surface area contributed by atoms with Crippen molar-refractivity contribution in [2.45, 2.75) is 97.0 Å². The van der Waals surface area contributed by atoms with Crippen LogP contribution in [0.1, 0.15) is 90.9 Å². The molecule has 3 heteroatoms. The number of ether oxygens (including phenoxy) is 2. The lowest BCUT2D eigenvalue weighted by Crippen LogP contribution is -2.50. The maximum atomic E-state index is 6.79. The molecule has 7 unspecified atom stereocenters. The van der Waals surface area contributed by atoms with E-state index in [1.54, 1.807) is 12.7 Å². The zero-order valence-electron chi connectivity index (χ0n) is 19.7. The van der Waals surface area contributed by atoms with Crippen LogP contribution in [0.15, 0.2) is 11.6 Å². The Bertz CT molecular complexity index is 587. The van der Waals surface area contributed by atoms with E-state index in [4.69, 9.17) is 21.1 Å². The fourth-order valence-corrected chi connectivity index (χ4v) is 8.57. The first-order valence-corrected chi connectivity index (χ1v) is 13.5. The molecule has 0 N–H and O–H groups in total. The van der Waals surface area contributed by atoms with Gasteiger partial charge < -0.3 is 9.47 Å². The number of hydrogen-bond donors (Lipinski definition) is 0. The van der Waals surface area contributed by atoms with E-state index in [1.165, 1.54) is 64.2 Å². The molecule has 0 heterocycles. The molecule has 0 aromatic carbocycles. The van der Waals surface area contributed by atoms with Gasteiger partial charge in [0.25, 0.3) is 0 Å². The second-order valence-electron chi connectivity index (χ2n) is 11.4. The summed E-state index contributed by atoms with van der Waals surface area (Å²) < 4.78 is 11.1. The van der Waals surface area contributed by atoms with E-state index in [1.807, 2.05) is 0 Å². The summed E-state index contributed by atoms with van der Waals surface area (Å²) >= 11 is 6.79. The van der Waals surface area contributed by atoms with E-state index in [0.29, 0.717) is 12.9 Å². The summed E-state index contributed by atoms with van der Waals surface area (Å²) in [5.74, 6) is 6.38. The molecule has 4 aliphatic rings. The fourth-order valence-electron chi connectivity index (χ4n) is 8.07. The predicted molar refractivity (Wildman–Crippen MR) is 126 cm³/mol. The highest BCUT2D eigenvalue weighted by Crippen LogP contribution is 2.63. The Morgan fingerprint density at radius 2 is 1.90 bits per heavy atom. The van der Waals surface area contributed by atoms with Crippen molar-refractivity contribution in [2.75, 3.05) is 19.8 Å². The second-order valence-corrected chi connectivity index (χ2v) is 11.7. The van der Waals surface area contributed by atoms with Gasteiger partial charge in [-0.15, -0.1) is 11.6 Å². The molecule has 0 aromatic rings. The number of allylic oxidation sites excluding steroid dienone is 1. The molecule has 2 nitrogen and oxygen atoms in total. The Morgan fingerprint density at radius 1 is 1.07 bits per heavy atom. The third-order valence-corrected chi connectivity index (χ3v) is 9.99. The van der Waals surface area contributed by atoms with E-state index in [0.717, 1.165) is 54.2 Å². The minimum Gasteiger partial charge on any atom is -0.359 e. The zero-order chi connectivity index (χ0) is 21.1. The Hall–Kier alpha value is -0.0500. The number of unbranched alkanes of at least 4 members (excludes halogenated alkanes) is 1. The van der Waals surface area contributed by atoms with Gasteiger partial charge in [-0.2, -0.15) is 0 Å². The van der Waals surface area contributed by atoms with E-state index in [-0.39, 0.29) is 5.41 Å². The predicted octanol–water partition coefficient (Wildman–Crippen LogP) is 7.60. The smallest absolute Gasteiger partial charge is 0.146 e. The molecule has 0 aliphatic heterocycles. The Morgan fingerprint density at radius 3 is 2.67 bits per heavy atom. The number of rotatable bonds is 9. The van der Waals surface area contributed by atoms with Crippen LogP contribution < -0.4 is 0 Å². The molecule has 0 bridgehead atoms. The standard InChI is InChI=1S/C27H45ClO2/c1-19(2)6-4-5-7-20-8-10-24-23(20)12-13-26-25(24)11-9-21-16-22(30-18-29-3)14-15-27(21,26)17-28/h9,19-20,22-26H,4-8,10-18H2,1-3H3. The molecule has 4 rings (SSSR count). The third kappa shape index (κ3) is 4.53. The highest BCUT2D eigenvalue weighted by Gasteiger charge is 2.55. The quantitative estimate of drug-likeness (QED) is 0.160. The molecular weight excluding hydrogens is 392 g/mol. The summed E-state index contributed by atoms with van der Waals surface area (Å²) in [4.78, 5) is 0. The normalized spacial score (nSPS) is 40.6. The van der Waals surface area contributed by atoms with Gasteiger partial charge in [0.05, 0.1) is 6.10 Å². The zero-order valence-corrected chi connectivity index (χ0v) is 20.5. The molecule has 30 heavy (non-hydrogen) atoms. The third-order valence-electron chi connectivity index (χ3n) is 9.52. The lowest BCUT2D eigenvalue weighted by molar-refractivity contribution is -0.0922. The van der Waals surface area contributed by atoms with Gasteiger partial charge in [0.1, 0.15) is 6.79 Å². The molecule has 7 atom stereocenters. The molecule has 4 aliphatic carbocycles. The average Bonchev–Trinajstić information content (AvgIpc) is 3.18. The van der Waals surface area contributed by atoms with Gasteiger partial charge >= 0.3 is 0 Å². The summed E-state index contributed by atoms with van der Waals surface area (Å²) in [7, 11) is 1.72. The van der Waals surface area contributed by atoms with Crippen LogP contribution in [0.3, 0.4) is 0 Å². The lowest BCUT2D eigenvalue weighted by Gasteiger charge is -2.56. The Kier molecular flexibility index (Phi) is 7.91. The van der Waals surface area contributed by atoms with E-state index < -0.39 is 0 Å². The van der Waals surface area contributed by atoms with Crippen LogP contribution in [0.5, 0.6) is 0 Å². The lowest BCUT2D eigenvalue weighted by atomic mass is 9.50. The number of halogens is 1. The van der Waals surface area contributed by atoms with Gasteiger partial charge in [-0.25, -0.2) is 0 Å². The van der Waals surface area contributed by atoms with Gasteiger partial charge in [0.2, 0.25) is 0 Å². The van der Waals surface area contributed by atoms with Crippen LogP contribution in [0.4, 0.5) is 0 Å². The SMILES string of the molecule is COCOC1CCC2(CCl)C(=CCC3C4CCC(CCCCC(C)C)C4CCC32)C1. The first-order valence-electron chi connectivity index (χ1n) is 12.9. The molecule has 172 valence electrons. The summed E-state index contributed by atoms with van der Waals surface area (Å²) in [6.45, 7) is 5.14. The van der Waals surface area contributed by atoms with Gasteiger partial charge in [-0.05, 0) is 86.9 Å². The van der Waals surface area contributed by atoms with Crippen LogP contribution in [0.2, 0.25) is 0 Å². The Labute approximate surface area is 190 Å². The van der Waals surface area contributed by atoms with Gasteiger partial charge in [0.15, 0.2) is 0 Å². The number of alkyl halides is 1. The summed E-state index contributed by atoms with van der Waals surface area (Å²) in [5, 5.41) is 0. The van der Waals surface area contributed by atoms with Gasteiger partial charge in [-0.3, -0.25) is 0 Å². The average molecular weight is 437 g/mol. The molecule has 3 saturated carbocycles. The van der Waals surface area contributed by atoms with Crippen LogP contribution in [-0.2, 0) is 9.47 Å². The van der Waals surface area contributed by atoms with Crippen molar-refractivity contribution in [1.82, 2.24) is 0 Å². The number of hydrogen-bond acceptors (Lipinski definition) is 2. The highest BCUT2D eigenvalue weighted by molar-refractivity contribution is 6.18. The number of fused-ring (bicyclic) bond motifs is 5. The fraction of sp³-hybridized carbons (Fsp3) is 0.926. The maximum absolute atomic E-state index is 6.79. The Balaban J connectivity index is 1.40. The van der Waals surface area contributed by atoms with Crippen molar-refractivity contribution in [1.29, 1.82) is 0 Å². The van der Waals surface area contributed by atoms with Crippen molar-refractivity contribution < 1.29 is 9.47 Å². The summed E-state index contributed by atoms with van der Waals surface area (Å²) in [5.41, 5.74) is 1.89. The minimum atomic E-state index is 0.262. The first kappa shape index (κ1) is 23.1. The molecular formula is C27H45ClO2. The van der Waals surface area contributed by atoms with Crippen molar-refractivity contribution in [2.24, 2.45) is 40.9 Å². The largest absolute Gasteiger partial charge is 0.359 e. The van der Waals surface area contributed by atoms with Crippen molar-refractivity contribution in [3.63, 3.8) is 0 Å². The van der Waals surface area contributed by atoms with Crippen molar-refractivity contribution in [3.8, 4) is 0 Å². The van der Waals surface area contributed by atoms with Crippen LogP contribution >= 0.6 is 11.6 Å². The topological polar surface area (TPSA) is 18.5 Å². The van der Waals surface area contributed by atoms with Gasteiger partial charge in [-0.1, -0.05) is 51.2 Å². The van der Waals surface area contributed by atoms with E-state index >= 15 is 0 Å². The monoisotopic (exact) mass is 436 g/mol. The number of methoxy groups -OCH3 is 1. The molecule has 0 amide bonds. The summed E-state index contributed by atoms with van der Waals surface area (Å²) in [6.07, 6.45) is 19.3. The molecule has 0 spiro atoms. The molecule has 0 radical (unpaired) electrons.